The zero-order valence-corrected chi connectivity index (χ0v) is 16.3. The fourth-order valence-electron chi connectivity index (χ4n) is 2.75. The molecule has 0 saturated heterocycles. The average molecular weight is 390 g/mol. The van der Waals surface area contributed by atoms with Crippen molar-refractivity contribution in [2.24, 2.45) is 0 Å². The van der Waals surface area contributed by atoms with Crippen LogP contribution in [0.5, 0.6) is 23.0 Å². The summed E-state index contributed by atoms with van der Waals surface area (Å²) in [6.45, 7) is 0.432. The molecular formula is C24H22O5. The summed E-state index contributed by atoms with van der Waals surface area (Å²) in [4.78, 5) is 12.4. The molecule has 148 valence electrons. The molecule has 0 aromatic heterocycles. The number of ether oxygens (including phenoxy) is 3. The van der Waals surface area contributed by atoms with Crippen LogP contribution in [-0.4, -0.2) is 25.1 Å². The Kier molecular flexibility index (Phi) is 6.53. The highest BCUT2D eigenvalue weighted by Crippen LogP contribution is 2.30. The summed E-state index contributed by atoms with van der Waals surface area (Å²) < 4.78 is 16.3. The maximum absolute atomic E-state index is 12.4. The van der Waals surface area contributed by atoms with Crippen LogP contribution in [0.25, 0.3) is 6.08 Å². The molecule has 5 nitrogen and oxygen atoms in total. The van der Waals surface area contributed by atoms with Crippen LogP contribution < -0.4 is 14.2 Å². The highest BCUT2D eigenvalue weighted by molar-refractivity contribution is 6.08. The van der Waals surface area contributed by atoms with Gasteiger partial charge in [0.15, 0.2) is 17.3 Å². The van der Waals surface area contributed by atoms with Crippen LogP contribution in [0.3, 0.4) is 0 Å². The number of ketones is 1. The van der Waals surface area contributed by atoms with Crippen molar-refractivity contribution < 1.29 is 24.1 Å². The van der Waals surface area contributed by atoms with Crippen molar-refractivity contribution in [3.63, 3.8) is 0 Å². The summed E-state index contributed by atoms with van der Waals surface area (Å²) in [5, 5.41) is 9.99. The Bertz CT molecular complexity index is 1010. The minimum Gasteiger partial charge on any atom is -0.507 e. The van der Waals surface area contributed by atoms with E-state index in [-0.39, 0.29) is 17.1 Å². The lowest BCUT2D eigenvalue weighted by molar-refractivity contribution is 0.104. The Balaban J connectivity index is 1.71. The molecule has 0 atom stereocenters. The molecule has 3 rings (SSSR count). The van der Waals surface area contributed by atoms with Crippen LogP contribution in [0.1, 0.15) is 21.5 Å². The lowest BCUT2D eigenvalue weighted by atomic mass is 10.1. The lowest BCUT2D eigenvalue weighted by Gasteiger charge is -2.11. The maximum Gasteiger partial charge on any atom is 0.189 e. The Hall–Kier alpha value is -3.73. The largest absolute Gasteiger partial charge is 0.507 e. The van der Waals surface area contributed by atoms with Gasteiger partial charge in [0.25, 0.3) is 0 Å². The number of methoxy groups -OCH3 is 2. The molecule has 0 spiro atoms. The van der Waals surface area contributed by atoms with E-state index >= 15 is 0 Å². The molecular weight excluding hydrogens is 368 g/mol. The van der Waals surface area contributed by atoms with Gasteiger partial charge in [0, 0.05) is 6.07 Å². The number of aromatic hydroxyl groups is 1. The third-order valence-electron chi connectivity index (χ3n) is 4.32. The third kappa shape index (κ3) is 5.17. The summed E-state index contributed by atoms with van der Waals surface area (Å²) >= 11 is 0. The van der Waals surface area contributed by atoms with Gasteiger partial charge in [-0.2, -0.15) is 0 Å². The Morgan fingerprint density at radius 3 is 2.41 bits per heavy atom. The molecule has 0 aliphatic heterocycles. The monoisotopic (exact) mass is 390 g/mol. The van der Waals surface area contributed by atoms with Crippen LogP contribution in [0.2, 0.25) is 0 Å². The van der Waals surface area contributed by atoms with E-state index < -0.39 is 0 Å². The van der Waals surface area contributed by atoms with Gasteiger partial charge in [0.2, 0.25) is 0 Å². The molecule has 0 saturated carbocycles. The number of carbonyl (C=O) groups is 1. The standard InChI is InChI=1S/C24H22O5/c1-27-19-10-11-20(22(26)15-19)21(25)12-8-17-9-13-23(24(14-17)28-2)29-16-18-6-4-3-5-7-18/h3-15,26H,16H2,1-2H3/b12-8+. The van der Waals surface area contributed by atoms with E-state index in [0.29, 0.717) is 23.9 Å². The van der Waals surface area contributed by atoms with Crippen molar-refractivity contribution in [1.29, 1.82) is 0 Å². The lowest BCUT2D eigenvalue weighted by Crippen LogP contribution is -1.98. The quantitative estimate of drug-likeness (QED) is 0.438. The second-order valence-electron chi connectivity index (χ2n) is 6.27. The number of allylic oxidation sites excluding steroid dienone is 1. The van der Waals surface area contributed by atoms with Crippen LogP contribution in [0, 0.1) is 0 Å². The molecule has 0 unspecified atom stereocenters. The predicted octanol–water partition coefficient (Wildman–Crippen LogP) is 4.88. The van der Waals surface area contributed by atoms with E-state index in [1.165, 1.54) is 25.3 Å². The van der Waals surface area contributed by atoms with E-state index in [0.717, 1.165) is 11.1 Å². The molecule has 1 N–H and O–H groups in total. The fourth-order valence-corrected chi connectivity index (χ4v) is 2.75. The van der Waals surface area contributed by atoms with E-state index in [2.05, 4.69) is 0 Å². The number of carbonyl (C=O) groups excluding carboxylic acids is 1. The van der Waals surface area contributed by atoms with Crippen molar-refractivity contribution >= 4 is 11.9 Å². The van der Waals surface area contributed by atoms with Crippen LogP contribution >= 0.6 is 0 Å². The van der Waals surface area contributed by atoms with Crippen molar-refractivity contribution in [1.82, 2.24) is 0 Å². The van der Waals surface area contributed by atoms with E-state index in [1.54, 1.807) is 31.4 Å². The number of hydrogen-bond donors (Lipinski definition) is 1. The van der Waals surface area contributed by atoms with Crippen molar-refractivity contribution in [3.8, 4) is 23.0 Å². The number of hydrogen-bond acceptors (Lipinski definition) is 5. The van der Waals surface area contributed by atoms with Crippen LogP contribution in [0.4, 0.5) is 0 Å². The number of phenols is 1. The third-order valence-corrected chi connectivity index (χ3v) is 4.32. The number of rotatable bonds is 8. The molecule has 3 aromatic rings. The van der Waals surface area contributed by atoms with Crippen molar-refractivity contribution in [2.75, 3.05) is 14.2 Å². The van der Waals surface area contributed by atoms with Gasteiger partial charge in [-0.05, 0) is 41.5 Å². The van der Waals surface area contributed by atoms with Crippen molar-refractivity contribution in [2.45, 2.75) is 6.61 Å². The molecule has 0 heterocycles. The number of phenolic OH excluding ortho intramolecular Hbond substituents is 1. The molecule has 0 radical (unpaired) electrons. The van der Waals surface area contributed by atoms with E-state index in [4.69, 9.17) is 14.2 Å². The van der Waals surface area contributed by atoms with E-state index in [1.807, 2.05) is 36.4 Å². The molecule has 5 heteroatoms. The molecule has 0 aliphatic rings. The second kappa shape index (κ2) is 9.46. The second-order valence-corrected chi connectivity index (χ2v) is 6.27. The molecule has 29 heavy (non-hydrogen) atoms. The molecule has 0 fully saturated rings. The van der Waals surface area contributed by atoms with Crippen molar-refractivity contribution in [3.05, 3.63) is 89.5 Å². The van der Waals surface area contributed by atoms with Gasteiger partial charge in [-0.1, -0.05) is 42.5 Å². The summed E-state index contributed by atoms with van der Waals surface area (Å²) in [7, 11) is 3.07. The smallest absolute Gasteiger partial charge is 0.189 e. The predicted molar refractivity (Wildman–Crippen MR) is 112 cm³/mol. The van der Waals surface area contributed by atoms with Crippen LogP contribution in [-0.2, 0) is 6.61 Å². The summed E-state index contributed by atoms with van der Waals surface area (Å²) in [6, 6.07) is 19.8. The highest BCUT2D eigenvalue weighted by atomic mass is 16.5. The first-order chi connectivity index (χ1) is 14.1. The minimum absolute atomic E-state index is 0.124. The van der Waals surface area contributed by atoms with Gasteiger partial charge in [-0.3, -0.25) is 4.79 Å². The summed E-state index contributed by atoms with van der Waals surface area (Å²) in [5.74, 6) is 1.24. The molecule has 0 bridgehead atoms. The first-order valence-electron chi connectivity index (χ1n) is 9.05. The van der Waals surface area contributed by atoms with Gasteiger partial charge in [-0.25, -0.2) is 0 Å². The van der Waals surface area contributed by atoms with Gasteiger partial charge < -0.3 is 19.3 Å². The first-order valence-corrected chi connectivity index (χ1v) is 9.05. The maximum atomic E-state index is 12.4. The van der Waals surface area contributed by atoms with Gasteiger partial charge >= 0.3 is 0 Å². The Morgan fingerprint density at radius 1 is 0.931 bits per heavy atom. The minimum atomic E-state index is -0.312. The Labute approximate surface area is 169 Å². The topological polar surface area (TPSA) is 65.0 Å². The summed E-state index contributed by atoms with van der Waals surface area (Å²) in [6.07, 6.45) is 3.07. The summed E-state index contributed by atoms with van der Waals surface area (Å²) in [5.41, 5.74) is 2.04. The normalized spacial score (nSPS) is 10.7. The molecule has 3 aromatic carbocycles. The molecule has 0 amide bonds. The van der Waals surface area contributed by atoms with Gasteiger partial charge in [-0.15, -0.1) is 0 Å². The van der Waals surface area contributed by atoms with Crippen LogP contribution in [0.15, 0.2) is 72.8 Å². The van der Waals surface area contributed by atoms with E-state index in [9.17, 15) is 9.90 Å². The van der Waals surface area contributed by atoms with Gasteiger partial charge in [0.05, 0.1) is 19.8 Å². The van der Waals surface area contributed by atoms with Gasteiger partial charge in [0.1, 0.15) is 18.1 Å². The number of benzene rings is 3. The zero-order valence-electron chi connectivity index (χ0n) is 16.3. The molecule has 0 aliphatic carbocycles. The highest BCUT2D eigenvalue weighted by Gasteiger charge is 2.10. The average Bonchev–Trinajstić information content (AvgIpc) is 2.76. The SMILES string of the molecule is COc1ccc(C(=O)/C=C/c2ccc(OCc3ccccc3)c(OC)c2)c(O)c1. The Morgan fingerprint density at radius 2 is 1.72 bits per heavy atom. The fraction of sp³-hybridized carbons (Fsp3) is 0.125. The first kappa shape index (κ1) is 20.0. The zero-order chi connectivity index (χ0) is 20.6.